The number of esters is 1. The summed E-state index contributed by atoms with van der Waals surface area (Å²) < 4.78 is 6.66. The molecule has 17 heavy (non-hydrogen) atoms. The van der Waals surface area contributed by atoms with Gasteiger partial charge in [0.2, 0.25) is 0 Å². The SMILES string of the molecule is [B]Cc1c(C(=O)OC)c2c(Cl)cccc2n1C. The van der Waals surface area contributed by atoms with Gasteiger partial charge in [0.1, 0.15) is 0 Å². The fraction of sp³-hybridized carbons (Fsp3) is 0.250. The molecule has 0 fully saturated rings. The number of rotatable bonds is 2. The van der Waals surface area contributed by atoms with E-state index in [1.165, 1.54) is 7.11 Å². The number of aryl methyl sites for hydroxylation is 1. The monoisotopic (exact) mass is 247 g/mol. The van der Waals surface area contributed by atoms with Crippen molar-refractivity contribution < 1.29 is 9.53 Å². The molecule has 0 aliphatic carbocycles. The van der Waals surface area contributed by atoms with Crippen molar-refractivity contribution in [2.24, 2.45) is 7.05 Å². The lowest BCUT2D eigenvalue weighted by atomic mass is 9.98. The lowest BCUT2D eigenvalue weighted by Gasteiger charge is -2.03. The van der Waals surface area contributed by atoms with E-state index in [0.29, 0.717) is 16.0 Å². The van der Waals surface area contributed by atoms with Gasteiger partial charge >= 0.3 is 5.97 Å². The Labute approximate surface area is 106 Å². The van der Waals surface area contributed by atoms with E-state index in [-0.39, 0.29) is 6.32 Å². The first-order valence-electron chi connectivity index (χ1n) is 5.16. The first-order chi connectivity index (χ1) is 8.11. The largest absolute Gasteiger partial charge is 0.465 e. The summed E-state index contributed by atoms with van der Waals surface area (Å²) in [5.74, 6) is -0.413. The summed E-state index contributed by atoms with van der Waals surface area (Å²) in [7, 11) is 8.89. The second-order valence-corrected chi connectivity index (χ2v) is 4.12. The fourth-order valence-corrected chi connectivity index (χ4v) is 2.32. The number of benzene rings is 1. The van der Waals surface area contributed by atoms with Crippen molar-refractivity contribution in [1.82, 2.24) is 4.57 Å². The molecule has 1 aromatic heterocycles. The third kappa shape index (κ3) is 1.73. The van der Waals surface area contributed by atoms with Crippen LogP contribution < -0.4 is 0 Å². The normalized spacial score (nSPS) is 10.8. The molecule has 0 bridgehead atoms. The number of carbonyl (C=O) groups is 1. The van der Waals surface area contributed by atoms with E-state index in [4.69, 9.17) is 24.2 Å². The number of aromatic nitrogens is 1. The van der Waals surface area contributed by atoms with Gasteiger partial charge in [-0.25, -0.2) is 4.79 Å². The van der Waals surface area contributed by atoms with Crippen LogP contribution in [0, 0.1) is 0 Å². The molecule has 1 aromatic carbocycles. The quantitative estimate of drug-likeness (QED) is 0.602. The van der Waals surface area contributed by atoms with Gasteiger partial charge in [-0.1, -0.05) is 17.7 Å². The van der Waals surface area contributed by atoms with Gasteiger partial charge in [0.25, 0.3) is 0 Å². The minimum Gasteiger partial charge on any atom is -0.465 e. The number of hydrogen-bond donors (Lipinski definition) is 0. The number of hydrogen-bond acceptors (Lipinski definition) is 2. The molecule has 0 saturated heterocycles. The Morgan fingerprint density at radius 2 is 2.24 bits per heavy atom. The van der Waals surface area contributed by atoms with E-state index < -0.39 is 5.97 Å². The number of methoxy groups -OCH3 is 1. The van der Waals surface area contributed by atoms with Crippen LogP contribution in [0.4, 0.5) is 0 Å². The van der Waals surface area contributed by atoms with Crippen LogP contribution in [0.5, 0.6) is 0 Å². The van der Waals surface area contributed by atoms with E-state index in [0.717, 1.165) is 11.2 Å². The minimum absolute atomic E-state index is 0.256. The molecule has 0 atom stereocenters. The summed E-state index contributed by atoms with van der Waals surface area (Å²) in [6.07, 6.45) is 0.256. The molecule has 0 N–H and O–H groups in total. The molecule has 1 heterocycles. The smallest absolute Gasteiger partial charge is 0.340 e. The Morgan fingerprint density at radius 1 is 1.53 bits per heavy atom. The predicted molar refractivity (Wildman–Crippen MR) is 68.7 cm³/mol. The number of halogens is 1. The molecule has 2 aromatic rings. The van der Waals surface area contributed by atoms with Gasteiger partial charge in [0.15, 0.2) is 0 Å². The van der Waals surface area contributed by atoms with Crippen LogP contribution in [-0.2, 0) is 18.1 Å². The molecule has 0 aliphatic rings. The first kappa shape index (κ1) is 12.1. The summed E-state index contributed by atoms with van der Waals surface area (Å²) in [5.41, 5.74) is 2.05. The third-order valence-electron chi connectivity index (χ3n) is 2.88. The Bertz CT molecular complexity index is 592. The van der Waals surface area contributed by atoms with Crippen LogP contribution in [0.25, 0.3) is 10.9 Å². The van der Waals surface area contributed by atoms with Crippen LogP contribution in [0.15, 0.2) is 18.2 Å². The van der Waals surface area contributed by atoms with Gasteiger partial charge in [-0.2, -0.15) is 0 Å². The van der Waals surface area contributed by atoms with Crippen LogP contribution in [0.2, 0.25) is 5.02 Å². The van der Waals surface area contributed by atoms with Gasteiger partial charge in [-0.05, 0) is 18.5 Å². The second-order valence-electron chi connectivity index (χ2n) is 3.71. The molecule has 0 unspecified atom stereocenters. The maximum absolute atomic E-state index is 11.8. The molecule has 3 nitrogen and oxygen atoms in total. The summed E-state index contributed by atoms with van der Waals surface area (Å²) in [6.45, 7) is 0. The number of ether oxygens (including phenoxy) is 1. The minimum atomic E-state index is -0.413. The third-order valence-corrected chi connectivity index (χ3v) is 3.19. The highest BCUT2D eigenvalue weighted by molar-refractivity contribution is 6.37. The van der Waals surface area contributed by atoms with Gasteiger partial charge < -0.3 is 9.30 Å². The zero-order chi connectivity index (χ0) is 12.6. The topological polar surface area (TPSA) is 31.2 Å². The number of fused-ring (bicyclic) bond motifs is 1. The van der Waals surface area contributed by atoms with E-state index >= 15 is 0 Å². The zero-order valence-corrected chi connectivity index (χ0v) is 10.4. The maximum atomic E-state index is 11.8. The standard InChI is InChI=1S/C12H11BClNO2/c1-15-8-5-3-4-7(14)10(8)11(9(15)6-13)12(16)17-2/h3-5H,6H2,1-2H3. The highest BCUT2D eigenvalue weighted by atomic mass is 35.5. The van der Waals surface area contributed by atoms with E-state index in [2.05, 4.69) is 0 Å². The van der Waals surface area contributed by atoms with Gasteiger partial charge in [0, 0.05) is 18.1 Å². The second kappa shape index (κ2) is 4.45. The summed E-state index contributed by atoms with van der Waals surface area (Å²) >= 11 is 6.14. The van der Waals surface area contributed by atoms with E-state index in [1.54, 1.807) is 6.07 Å². The van der Waals surface area contributed by atoms with Crippen molar-refractivity contribution in [2.45, 2.75) is 6.32 Å². The van der Waals surface area contributed by atoms with Gasteiger partial charge in [0.05, 0.1) is 31.1 Å². The molecular formula is C12H11BClNO2. The van der Waals surface area contributed by atoms with Crippen molar-refractivity contribution in [3.8, 4) is 0 Å². The summed E-state index contributed by atoms with van der Waals surface area (Å²) in [4.78, 5) is 11.8. The molecule has 2 radical (unpaired) electrons. The average Bonchev–Trinajstić information content (AvgIpc) is 2.63. The van der Waals surface area contributed by atoms with Crippen LogP contribution in [0.3, 0.4) is 0 Å². The molecule has 0 aliphatic heterocycles. The molecule has 86 valence electrons. The molecule has 0 spiro atoms. The van der Waals surface area contributed by atoms with Crippen molar-refractivity contribution in [3.63, 3.8) is 0 Å². The Kier molecular flexibility index (Phi) is 3.16. The molecular weight excluding hydrogens is 236 g/mol. The van der Waals surface area contributed by atoms with Crippen molar-refractivity contribution in [1.29, 1.82) is 0 Å². The Morgan fingerprint density at radius 3 is 2.82 bits per heavy atom. The van der Waals surface area contributed by atoms with Crippen molar-refractivity contribution >= 4 is 36.3 Å². The van der Waals surface area contributed by atoms with E-state index in [1.807, 2.05) is 23.7 Å². The highest BCUT2D eigenvalue weighted by Gasteiger charge is 2.21. The fourth-order valence-electron chi connectivity index (χ4n) is 2.06. The van der Waals surface area contributed by atoms with E-state index in [9.17, 15) is 4.79 Å². The van der Waals surface area contributed by atoms with Crippen LogP contribution >= 0.6 is 11.6 Å². The molecule has 5 heteroatoms. The number of nitrogens with zero attached hydrogens (tertiary/aromatic N) is 1. The van der Waals surface area contributed by atoms with Crippen LogP contribution in [0.1, 0.15) is 16.1 Å². The van der Waals surface area contributed by atoms with Crippen molar-refractivity contribution in [2.75, 3.05) is 7.11 Å². The predicted octanol–water partition coefficient (Wildman–Crippen LogP) is 2.29. The first-order valence-corrected chi connectivity index (χ1v) is 5.53. The maximum Gasteiger partial charge on any atom is 0.340 e. The average molecular weight is 247 g/mol. The van der Waals surface area contributed by atoms with Gasteiger partial charge in [-0.3, -0.25) is 0 Å². The summed E-state index contributed by atoms with van der Waals surface area (Å²) in [6, 6.07) is 5.48. The lowest BCUT2D eigenvalue weighted by Crippen LogP contribution is -2.07. The summed E-state index contributed by atoms with van der Waals surface area (Å²) in [5, 5.41) is 1.22. The molecule has 0 saturated carbocycles. The van der Waals surface area contributed by atoms with Crippen LogP contribution in [-0.4, -0.2) is 25.5 Å². The molecule has 0 amide bonds. The lowest BCUT2D eigenvalue weighted by molar-refractivity contribution is 0.0601. The molecule has 2 rings (SSSR count). The Balaban J connectivity index is 2.91. The highest BCUT2D eigenvalue weighted by Crippen LogP contribution is 2.31. The van der Waals surface area contributed by atoms with Crippen molar-refractivity contribution in [3.05, 3.63) is 34.5 Å². The number of carbonyl (C=O) groups excluding carboxylic acids is 1. The van der Waals surface area contributed by atoms with Gasteiger partial charge in [-0.15, -0.1) is 0 Å². The Hall–Kier alpha value is -1.42. The zero-order valence-electron chi connectivity index (χ0n) is 9.66.